The molecule has 2 rings (SSSR count). The van der Waals surface area contributed by atoms with Gasteiger partial charge in [-0.15, -0.1) is 0 Å². The topological polar surface area (TPSA) is 25.2 Å². The third-order valence-electron chi connectivity index (χ3n) is 2.69. The maximum absolute atomic E-state index is 5.54. The molecule has 0 saturated carbocycles. The van der Waals surface area contributed by atoms with E-state index in [0.717, 1.165) is 27.7 Å². The van der Waals surface area contributed by atoms with E-state index in [1.54, 1.807) is 0 Å². The van der Waals surface area contributed by atoms with Gasteiger partial charge >= 0.3 is 0 Å². The van der Waals surface area contributed by atoms with Crippen LogP contribution in [0, 0.1) is 0 Å². The van der Waals surface area contributed by atoms with E-state index in [2.05, 4.69) is 68.4 Å². The number of rotatable bonds is 5. The quantitative estimate of drug-likeness (QED) is 0.763. The first kappa shape index (κ1) is 13.7. The first-order valence-corrected chi connectivity index (χ1v) is 7.54. The molecule has 1 heterocycles. The van der Waals surface area contributed by atoms with Gasteiger partial charge < -0.3 is 9.73 Å². The molecular formula is C14H15Br2NO. The predicted molar refractivity (Wildman–Crippen MR) is 81.9 cm³/mol. The first-order chi connectivity index (χ1) is 8.70. The summed E-state index contributed by atoms with van der Waals surface area (Å²) in [7, 11) is 0. The molecule has 1 aromatic heterocycles. The summed E-state index contributed by atoms with van der Waals surface area (Å²) in [6.07, 6.45) is 2.24. The summed E-state index contributed by atoms with van der Waals surface area (Å²) in [6.45, 7) is 2.88. The lowest BCUT2D eigenvalue weighted by Crippen LogP contribution is -2.01. The molecule has 4 heteroatoms. The molecule has 0 spiro atoms. The van der Waals surface area contributed by atoms with Crippen LogP contribution in [0.1, 0.15) is 24.7 Å². The second-order valence-corrected chi connectivity index (χ2v) is 5.67. The van der Waals surface area contributed by atoms with Gasteiger partial charge in [0.1, 0.15) is 5.76 Å². The fourth-order valence-corrected chi connectivity index (χ4v) is 2.50. The van der Waals surface area contributed by atoms with Crippen molar-refractivity contribution in [3.05, 3.63) is 50.8 Å². The molecule has 2 aromatic rings. The van der Waals surface area contributed by atoms with Gasteiger partial charge in [-0.2, -0.15) is 0 Å². The Labute approximate surface area is 124 Å². The van der Waals surface area contributed by atoms with Gasteiger partial charge in [0.05, 0.1) is 11.0 Å². The molecule has 1 aromatic carbocycles. The number of para-hydroxylation sites is 1. The van der Waals surface area contributed by atoms with Crippen LogP contribution in [0.4, 0.5) is 5.69 Å². The second-order valence-electron chi connectivity index (χ2n) is 4.10. The number of hydrogen-bond acceptors (Lipinski definition) is 2. The molecular weight excluding hydrogens is 358 g/mol. The van der Waals surface area contributed by atoms with Crippen molar-refractivity contribution in [2.75, 3.05) is 5.32 Å². The molecule has 1 N–H and O–H groups in total. The van der Waals surface area contributed by atoms with Gasteiger partial charge in [0.25, 0.3) is 0 Å². The number of aryl methyl sites for hydroxylation is 1. The number of halogens is 2. The van der Waals surface area contributed by atoms with E-state index >= 15 is 0 Å². The lowest BCUT2D eigenvalue weighted by molar-refractivity contribution is 0.494. The van der Waals surface area contributed by atoms with Gasteiger partial charge in [-0.1, -0.05) is 31.5 Å². The molecule has 0 radical (unpaired) electrons. The van der Waals surface area contributed by atoms with Crippen molar-refractivity contribution in [2.24, 2.45) is 0 Å². The van der Waals surface area contributed by atoms with Crippen LogP contribution < -0.4 is 5.32 Å². The van der Waals surface area contributed by atoms with Gasteiger partial charge in [0.2, 0.25) is 0 Å². The first-order valence-electron chi connectivity index (χ1n) is 5.96. The molecule has 18 heavy (non-hydrogen) atoms. The Kier molecular flexibility index (Phi) is 4.89. The fraction of sp³-hybridized carbons (Fsp3) is 0.286. The number of benzene rings is 1. The minimum Gasteiger partial charge on any atom is -0.451 e. The molecule has 2 nitrogen and oxygen atoms in total. The molecule has 0 aliphatic rings. The zero-order chi connectivity index (χ0) is 13.0. The van der Waals surface area contributed by atoms with Crippen molar-refractivity contribution in [1.29, 1.82) is 0 Å². The van der Waals surface area contributed by atoms with E-state index in [4.69, 9.17) is 4.42 Å². The van der Waals surface area contributed by atoms with Crippen molar-refractivity contribution in [3.8, 4) is 0 Å². The Morgan fingerprint density at radius 3 is 2.67 bits per heavy atom. The molecule has 96 valence electrons. The number of hydrogen-bond donors (Lipinski definition) is 1. The molecule has 0 saturated heterocycles. The van der Waals surface area contributed by atoms with Crippen LogP contribution in [-0.2, 0) is 13.0 Å². The van der Waals surface area contributed by atoms with Gasteiger partial charge in [0.15, 0.2) is 4.67 Å². The number of furan rings is 1. The zero-order valence-corrected chi connectivity index (χ0v) is 13.3. The highest BCUT2D eigenvalue weighted by atomic mass is 79.9. The normalized spacial score (nSPS) is 10.6. The SMILES string of the molecule is CCCc1ccccc1NCc1cc(Br)c(Br)o1. The van der Waals surface area contributed by atoms with E-state index in [1.807, 2.05) is 6.07 Å². The van der Waals surface area contributed by atoms with Gasteiger partial charge in [-0.3, -0.25) is 0 Å². The summed E-state index contributed by atoms with van der Waals surface area (Å²) in [6, 6.07) is 10.4. The van der Waals surface area contributed by atoms with Crippen LogP contribution >= 0.6 is 31.9 Å². The minimum atomic E-state index is 0.685. The maximum atomic E-state index is 5.54. The van der Waals surface area contributed by atoms with E-state index in [-0.39, 0.29) is 0 Å². The monoisotopic (exact) mass is 371 g/mol. The molecule has 0 bridgehead atoms. The molecule has 0 atom stereocenters. The maximum Gasteiger partial charge on any atom is 0.183 e. The van der Waals surface area contributed by atoms with Crippen molar-refractivity contribution in [1.82, 2.24) is 0 Å². The van der Waals surface area contributed by atoms with Crippen molar-refractivity contribution < 1.29 is 4.42 Å². The third kappa shape index (κ3) is 3.39. The summed E-state index contributed by atoms with van der Waals surface area (Å²) in [5, 5.41) is 3.42. The van der Waals surface area contributed by atoms with Crippen LogP contribution in [0.15, 0.2) is 43.9 Å². The van der Waals surface area contributed by atoms with E-state index in [9.17, 15) is 0 Å². The standard InChI is InChI=1S/C14H15Br2NO/c1-2-5-10-6-3-4-7-13(10)17-9-11-8-12(15)14(16)18-11/h3-4,6-8,17H,2,5,9H2,1H3. The van der Waals surface area contributed by atoms with Crippen LogP contribution in [0.3, 0.4) is 0 Å². The highest BCUT2D eigenvalue weighted by Crippen LogP contribution is 2.27. The summed E-state index contributed by atoms with van der Waals surface area (Å²) < 4.78 is 7.23. The van der Waals surface area contributed by atoms with Gasteiger partial charge in [0, 0.05) is 5.69 Å². The lowest BCUT2D eigenvalue weighted by atomic mass is 10.1. The average molecular weight is 373 g/mol. The Morgan fingerprint density at radius 1 is 1.22 bits per heavy atom. The predicted octanol–water partition coefficient (Wildman–Crippen LogP) is 5.37. The van der Waals surface area contributed by atoms with E-state index in [1.165, 1.54) is 11.3 Å². The Balaban J connectivity index is 2.05. The third-order valence-corrected chi connectivity index (χ3v) is 4.40. The minimum absolute atomic E-state index is 0.685. The van der Waals surface area contributed by atoms with Gasteiger partial charge in [-0.25, -0.2) is 0 Å². The summed E-state index contributed by atoms with van der Waals surface area (Å²) in [4.78, 5) is 0. The Bertz CT molecular complexity index is 503. The number of nitrogens with one attached hydrogen (secondary N) is 1. The van der Waals surface area contributed by atoms with E-state index in [0.29, 0.717) is 6.54 Å². The smallest absolute Gasteiger partial charge is 0.183 e. The van der Waals surface area contributed by atoms with Gasteiger partial charge in [-0.05, 0) is 56.0 Å². The van der Waals surface area contributed by atoms with Crippen molar-refractivity contribution in [3.63, 3.8) is 0 Å². The summed E-state index contributed by atoms with van der Waals surface area (Å²) in [5.74, 6) is 0.903. The van der Waals surface area contributed by atoms with Crippen molar-refractivity contribution >= 4 is 37.5 Å². The van der Waals surface area contributed by atoms with Crippen LogP contribution in [0.2, 0.25) is 0 Å². The molecule has 0 unspecified atom stereocenters. The highest BCUT2D eigenvalue weighted by molar-refractivity contribution is 9.13. The zero-order valence-electron chi connectivity index (χ0n) is 10.2. The number of anilines is 1. The fourth-order valence-electron chi connectivity index (χ4n) is 1.84. The second kappa shape index (κ2) is 6.43. The molecule has 0 amide bonds. The van der Waals surface area contributed by atoms with Crippen LogP contribution in [-0.4, -0.2) is 0 Å². The van der Waals surface area contributed by atoms with Crippen LogP contribution in [0.5, 0.6) is 0 Å². The van der Waals surface area contributed by atoms with Crippen molar-refractivity contribution in [2.45, 2.75) is 26.3 Å². The lowest BCUT2D eigenvalue weighted by Gasteiger charge is -2.10. The van der Waals surface area contributed by atoms with Crippen LogP contribution in [0.25, 0.3) is 0 Å². The average Bonchev–Trinajstić information content (AvgIpc) is 2.68. The highest BCUT2D eigenvalue weighted by Gasteiger charge is 2.06. The molecule has 0 fully saturated rings. The summed E-state index contributed by atoms with van der Waals surface area (Å²) in [5.41, 5.74) is 2.53. The van der Waals surface area contributed by atoms with E-state index < -0.39 is 0 Å². The molecule has 0 aliphatic carbocycles. The molecule has 0 aliphatic heterocycles. The largest absolute Gasteiger partial charge is 0.451 e. The Morgan fingerprint density at radius 2 is 2.00 bits per heavy atom. The Hall–Kier alpha value is -0.740. The summed E-state index contributed by atoms with van der Waals surface area (Å²) >= 11 is 6.75.